The van der Waals surface area contributed by atoms with Crippen LogP contribution in [0.1, 0.15) is 37.7 Å². The predicted octanol–water partition coefficient (Wildman–Crippen LogP) is 4.40. The van der Waals surface area contributed by atoms with E-state index < -0.39 is 15.8 Å². The normalized spacial score (nSPS) is 15.0. The van der Waals surface area contributed by atoms with Gasteiger partial charge in [-0.05, 0) is 56.4 Å². The zero-order chi connectivity index (χ0) is 17.9. The molecule has 6 heteroatoms. The van der Waals surface area contributed by atoms with E-state index in [-0.39, 0.29) is 4.90 Å². The number of hydrogen-bond acceptors (Lipinski definition) is 3. The lowest BCUT2D eigenvalue weighted by Gasteiger charge is -2.14. The first-order valence-corrected chi connectivity index (χ1v) is 9.88. The predicted molar refractivity (Wildman–Crippen MR) is 97.4 cm³/mol. The third-order valence-corrected chi connectivity index (χ3v) is 5.58. The molecule has 4 nitrogen and oxygen atoms in total. The maximum Gasteiger partial charge on any atom is 0.277 e. The van der Waals surface area contributed by atoms with Crippen LogP contribution in [0.15, 0.2) is 52.5 Å². The maximum absolute atomic E-state index is 13.6. The van der Waals surface area contributed by atoms with E-state index in [4.69, 9.17) is 0 Å². The first-order chi connectivity index (χ1) is 12.0. The molecule has 0 spiro atoms. The van der Waals surface area contributed by atoms with Gasteiger partial charge in [-0.3, -0.25) is 0 Å². The van der Waals surface area contributed by atoms with Crippen LogP contribution in [0.5, 0.6) is 0 Å². The number of hydrogen-bond donors (Lipinski definition) is 1. The van der Waals surface area contributed by atoms with Gasteiger partial charge >= 0.3 is 0 Å². The lowest BCUT2D eigenvalue weighted by Crippen LogP contribution is -2.22. The Hall–Kier alpha value is -2.21. The highest BCUT2D eigenvalue weighted by atomic mass is 32.2. The first kappa shape index (κ1) is 17.6. The monoisotopic (exact) mass is 360 g/mol. The highest BCUT2D eigenvalue weighted by Crippen LogP contribution is 2.29. The van der Waals surface area contributed by atoms with Crippen molar-refractivity contribution in [2.45, 2.75) is 43.9 Å². The molecule has 0 heterocycles. The van der Waals surface area contributed by atoms with E-state index in [0.29, 0.717) is 11.1 Å². The molecule has 2 aromatic rings. The molecule has 0 amide bonds. The molecular formula is C19H21FN2O2S. The summed E-state index contributed by atoms with van der Waals surface area (Å²) in [7, 11) is -3.83. The summed E-state index contributed by atoms with van der Waals surface area (Å²) in [6.45, 7) is 1.87. The van der Waals surface area contributed by atoms with E-state index in [2.05, 4.69) is 9.93 Å². The van der Waals surface area contributed by atoms with Crippen LogP contribution in [0.4, 0.5) is 4.39 Å². The fraction of sp³-hybridized carbons (Fsp3) is 0.316. The zero-order valence-corrected chi connectivity index (χ0v) is 14.9. The van der Waals surface area contributed by atoms with Gasteiger partial charge in [0.2, 0.25) is 0 Å². The molecule has 25 heavy (non-hydrogen) atoms. The maximum atomic E-state index is 13.6. The summed E-state index contributed by atoms with van der Waals surface area (Å²) in [5.74, 6) is -0.405. The van der Waals surface area contributed by atoms with Crippen LogP contribution in [-0.2, 0) is 10.0 Å². The number of nitrogens with one attached hydrogen (secondary N) is 1. The fourth-order valence-corrected chi connectivity index (χ4v) is 4.07. The van der Waals surface area contributed by atoms with Gasteiger partial charge in [-0.15, -0.1) is 0 Å². The van der Waals surface area contributed by atoms with Gasteiger partial charge in [0.1, 0.15) is 5.82 Å². The summed E-state index contributed by atoms with van der Waals surface area (Å²) in [6.07, 6.45) is 4.90. The van der Waals surface area contributed by atoms with E-state index in [1.807, 2.05) is 6.92 Å². The van der Waals surface area contributed by atoms with Crippen LogP contribution in [0.2, 0.25) is 0 Å². The minimum atomic E-state index is -3.83. The molecule has 1 N–H and O–H groups in total. The van der Waals surface area contributed by atoms with E-state index in [1.54, 1.807) is 30.3 Å². The number of aryl methyl sites for hydroxylation is 1. The molecule has 1 aliphatic carbocycles. The third kappa shape index (κ3) is 4.25. The topological polar surface area (TPSA) is 58.5 Å². The number of halogens is 1. The molecule has 0 atom stereocenters. The van der Waals surface area contributed by atoms with Crippen molar-refractivity contribution in [2.75, 3.05) is 0 Å². The van der Waals surface area contributed by atoms with Gasteiger partial charge < -0.3 is 0 Å². The largest absolute Gasteiger partial charge is 0.277 e. The minimum absolute atomic E-state index is 0.101. The van der Waals surface area contributed by atoms with Gasteiger partial charge in [0.25, 0.3) is 10.0 Å². The van der Waals surface area contributed by atoms with Crippen LogP contribution in [0.25, 0.3) is 11.1 Å². The van der Waals surface area contributed by atoms with Crippen LogP contribution in [-0.4, -0.2) is 14.1 Å². The Balaban J connectivity index is 1.98. The number of benzene rings is 2. The van der Waals surface area contributed by atoms with Gasteiger partial charge in [0.05, 0.1) is 4.90 Å². The molecule has 0 aliphatic heterocycles. The molecule has 1 saturated carbocycles. The summed E-state index contributed by atoms with van der Waals surface area (Å²) in [5.41, 5.74) is 2.77. The van der Waals surface area contributed by atoms with E-state index in [1.165, 1.54) is 12.1 Å². The highest BCUT2D eigenvalue weighted by Gasteiger charge is 2.20. The number of sulfonamides is 1. The average Bonchev–Trinajstić information content (AvgIpc) is 2.61. The third-order valence-electron chi connectivity index (χ3n) is 4.31. The number of hydrazone groups is 1. The summed E-state index contributed by atoms with van der Waals surface area (Å²) in [5, 5.41) is 4.11. The van der Waals surface area contributed by atoms with Crippen LogP contribution in [0, 0.1) is 12.7 Å². The van der Waals surface area contributed by atoms with Crippen molar-refractivity contribution in [1.82, 2.24) is 4.83 Å². The number of rotatable bonds is 4. The highest BCUT2D eigenvalue weighted by molar-refractivity contribution is 7.89. The lowest BCUT2D eigenvalue weighted by atomic mass is 9.99. The van der Waals surface area contributed by atoms with Gasteiger partial charge in [-0.25, -0.2) is 9.22 Å². The van der Waals surface area contributed by atoms with E-state index in [0.717, 1.165) is 43.4 Å². The molecular weight excluding hydrogens is 339 g/mol. The van der Waals surface area contributed by atoms with Crippen molar-refractivity contribution in [3.63, 3.8) is 0 Å². The molecule has 0 saturated heterocycles. The molecule has 1 aliphatic rings. The van der Waals surface area contributed by atoms with Crippen molar-refractivity contribution in [2.24, 2.45) is 5.10 Å². The Morgan fingerprint density at radius 2 is 1.80 bits per heavy atom. The van der Waals surface area contributed by atoms with Crippen molar-refractivity contribution in [3.8, 4) is 11.1 Å². The van der Waals surface area contributed by atoms with Gasteiger partial charge in [-0.1, -0.05) is 36.2 Å². The second kappa shape index (κ2) is 7.35. The Labute approximate surface area is 147 Å². The molecule has 0 unspecified atom stereocenters. The Morgan fingerprint density at radius 1 is 1.04 bits per heavy atom. The second-order valence-electron chi connectivity index (χ2n) is 6.34. The van der Waals surface area contributed by atoms with Crippen molar-refractivity contribution < 1.29 is 12.8 Å². The summed E-state index contributed by atoms with van der Waals surface area (Å²) in [4.78, 5) is 2.46. The molecule has 2 aromatic carbocycles. The van der Waals surface area contributed by atoms with Crippen molar-refractivity contribution in [3.05, 3.63) is 53.8 Å². The molecule has 132 valence electrons. The van der Waals surface area contributed by atoms with Gasteiger partial charge in [0, 0.05) is 11.3 Å². The quantitative estimate of drug-likeness (QED) is 0.822. The zero-order valence-electron chi connectivity index (χ0n) is 14.1. The van der Waals surface area contributed by atoms with E-state index >= 15 is 0 Å². The Bertz CT molecular complexity index is 899. The minimum Gasteiger partial charge on any atom is -0.207 e. The number of nitrogens with zero attached hydrogens (tertiary/aromatic N) is 1. The molecule has 0 bridgehead atoms. The molecule has 3 rings (SSSR count). The first-order valence-electron chi connectivity index (χ1n) is 8.39. The summed E-state index contributed by atoms with van der Waals surface area (Å²) in [6, 6.07) is 11.0. The Morgan fingerprint density at radius 3 is 2.52 bits per heavy atom. The van der Waals surface area contributed by atoms with Gasteiger partial charge in [0.15, 0.2) is 0 Å². The molecule has 0 radical (unpaired) electrons. The van der Waals surface area contributed by atoms with Crippen LogP contribution < -0.4 is 4.83 Å². The lowest BCUT2D eigenvalue weighted by molar-refractivity contribution is 0.583. The standard InChI is InChI=1S/C19H21FN2O2S/c1-14-10-11-19(18(12-14)15-6-5-7-16(20)13-15)25(23,24)22-21-17-8-3-2-4-9-17/h5-7,10-13,22H,2-4,8-9H2,1H3. The fourth-order valence-electron chi connectivity index (χ4n) is 3.01. The SMILES string of the molecule is Cc1ccc(S(=O)(=O)NN=C2CCCCC2)c(-c2cccc(F)c2)c1. The van der Waals surface area contributed by atoms with Crippen LogP contribution >= 0.6 is 0 Å². The van der Waals surface area contributed by atoms with Gasteiger partial charge in [-0.2, -0.15) is 13.5 Å². The molecule has 0 aromatic heterocycles. The second-order valence-corrected chi connectivity index (χ2v) is 7.97. The van der Waals surface area contributed by atoms with E-state index in [9.17, 15) is 12.8 Å². The van der Waals surface area contributed by atoms with Crippen molar-refractivity contribution in [1.29, 1.82) is 0 Å². The van der Waals surface area contributed by atoms with Crippen LogP contribution in [0.3, 0.4) is 0 Å². The Kier molecular flexibility index (Phi) is 5.18. The smallest absolute Gasteiger partial charge is 0.207 e. The summed E-state index contributed by atoms with van der Waals surface area (Å²) >= 11 is 0. The average molecular weight is 360 g/mol. The molecule has 1 fully saturated rings. The summed E-state index contributed by atoms with van der Waals surface area (Å²) < 4.78 is 39.1. The van der Waals surface area contributed by atoms with Crippen molar-refractivity contribution >= 4 is 15.7 Å².